The Hall–Kier alpha value is -3.85. The molecule has 252 valence electrons. The minimum atomic E-state index is -4.19. The summed E-state index contributed by atoms with van der Waals surface area (Å²) in [5.74, 6) is -0.809. The molecule has 1 aliphatic carbocycles. The van der Waals surface area contributed by atoms with Gasteiger partial charge in [-0.05, 0) is 92.3 Å². The lowest BCUT2D eigenvalue weighted by Crippen LogP contribution is -2.54. The Morgan fingerprint density at radius 1 is 0.812 bits per heavy atom. The van der Waals surface area contributed by atoms with Gasteiger partial charge in [0.1, 0.15) is 12.6 Å². The molecule has 2 amide bonds. The lowest BCUT2D eigenvalue weighted by molar-refractivity contribution is -0.140. The average Bonchev–Trinajstić information content (AvgIpc) is 3.58. The molecule has 0 spiro atoms. The van der Waals surface area contributed by atoms with E-state index in [1.54, 1.807) is 54.6 Å². The molecule has 0 unspecified atom stereocenters. The second kappa shape index (κ2) is 15.6. The topological polar surface area (TPSA) is 86.8 Å². The number of nitrogens with one attached hydrogen (secondary N) is 1. The maximum Gasteiger partial charge on any atom is 0.264 e. The molecule has 4 aromatic rings. The maximum atomic E-state index is 14.7. The van der Waals surface area contributed by atoms with Crippen LogP contribution in [0.15, 0.2) is 95.9 Å². The molecule has 0 radical (unpaired) electrons. The quantitative estimate of drug-likeness (QED) is 0.163. The Morgan fingerprint density at radius 2 is 1.50 bits per heavy atom. The molecule has 0 aliphatic heterocycles. The van der Waals surface area contributed by atoms with Gasteiger partial charge in [-0.1, -0.05) is 96.2 Å². The number of nitrogens with zero attached hydrogens (tertiary/aromatic N) is 2. The third-order valence-electron chi connectivity index (χ3n) is 8.98. The predicted molar refractivity (Wildman–Crippen MR) is 193 cm³/mol. The van der Waals surface area contributed by atoms with Crippen molar-refractivity contribution in [1.29, 1.82) is 0 Å². The van der Waals surface area contributed by atoms with E-state index in [1.165, 1.54) is 4.90 Å². The predicted octanol–water partition coefficient (Wildman–Crippen LogP) is 7.81. The van der Waals surface area contributed by atoms with E-state index in [1.807, 2.05) is 57.2 Å². The highest BCUT2D eigenvalue weighted by atomic mass is 35.5. The summed E-state index contributed by atoms with van der Waals surface area (Å²) in [6, 6.07) is 25.5. The van der Waals surface area contributed by atoms with Crippen molar-refractivity contribution in [2.45, 2.75) is 76.4 Å². The van der Waals surface area contributed by atoms with Gasteiger partial charge in [-0.3, -0.25) is 13.9 Å². The zero-order valence-corrected chi connectivity index (χ0v) is 29.8. The van der Waals surface area contributed by atoms with Crippen LogP contribution >= 0.6 is 23.2 Å². The van der Waals surface area contributed by atoms with Crippen LogP contribution < -0.4 is 9.62 Å². The Kier molecular flexibility index (Phi) is 11.5. The van der Waals surface area contributed by atoms with Crippen molar-refractivity contribution in [3.8, 4) is 0 Å². The second-order valence-electron chi connectivity index (χ2n) is 12.6. The van der Waals surface area contributed by atoms with Crippen molar-refractivity contribution in [1.82, 2.24) is 10.2 Å². The molecule has 0 saturated heterocycles. The minimum absolute atomic E-state index is 0.0106. The fourth-order valence-electron chi connectivity index (χ4n) is 6.00. The molecule has 1 fully saturated rings. The van der Waals surface area contributed by atoms with Crippen molar-refractivity contribution in [2.75, 3.05) is 10.8 Å². The van der Waals surface area contributed by atoms with Crippen molar-refractivity contribution in [2.24, 2.45) is 0 Å². The normalized spacial score (nSPS) is 14.0. The SMILES string of the molecule is Cc1ccc(S(=O)(=O)N(CC(=O)N(Cc2ccc(Cl)c(Cl)c2)[C@H](Cc2ccccc2)C(=O)NC2CCCC2)c2ccc(C)c(C)c2)cc1. The van der Waals surface area contributed by atoms with Crippen LogP contribution in [0.5, 0.6) is 0 Å². The summed E-state index contributed by atoms with van der Waals surface area (Å²) in [7, 11) is -4.19. The van der Waals surface area contributed by atoms with Crippen LogP contribution in [-0.2, 0) is 32.6 Å². The van der Waals surface area contributed by atoms with Crippen molar-refractivity contribution < 1.29 is 18.0 Å². The van der Waals surface area contributed by atoms with E-state index < -0.39 is 28.5 Å². The molecule has 4 aromatic carbocycles. The minimum Gasteiger partial charge on any atom is -0.352 e. The van der Waals surface area contributed by atoms with E-state index in [2.05, 4.69) is 5.32 Å². The third kappa shape index (κ3) is 8.59. The van der Waals surface area contributed by atoms with Gasteiger partial charge >= 0.3 is 0 Å². The molecule has 1 aliphatic rings. The van der Waals surface area contributed by atoms with E-state index in [9.17, 15) is 18.0 Å². The van der Waals surface area contributed by atoms with Crippen LogP contribution in [0, 0.1) is 20.8 Å². The summed E-state index contributed by atoms with van der Waals surface area (Å²) in [5.41, 5.74) is 4.67. The summed E-state index contributed by atoms with van der Waals surface area (Å²) >= 11 is 12.6. The first-order valence-corrected chi connectivity index (χ1v) is 18.4. The largest absolute Gasteiger partial charge is 0.352 e. The number of amides is 2. The molecular formula is C38H41Cl2N3O4S. The first kappa shape index (κ1) is 35.5. The van der Waals surface area contributed by atoms with Crippen LogP contribution in [0.25, 0.3) is 0 Å². The maximum absolute atomic E-state index is 14.7. The van der Waals surface area contributed by atoms with E-state index in [0.717, 1.165) is 52.2 Å². The van der Waals surface area contributed by atoms with Gasteiger partial charge in [0.2, 0.25) is 11.8 Å². The number of rotatable bonds is 12. The summed E-state index contributed by atoms with van der Waals surface area (Å²) in [6.07, 6.45) is 4.05. The Labute approximate surface area is 293 Å². The van der Waals surface area contributed by atoms with Crippen LogP contribution in [0.1, 0.15) is 53.5 Å². The Morgan fingerprint density at radius 3 is 2.15 bits per heavy atom. The number of carbonyl (C=O) groups excluding carboxylic acids is 2. The number of anilines is 1. The summed E-state index contributed by atoms with van der Waals surface area (Å²) in [6.45, 7) is 5.21. The van der Waals surface area contributed by atoms with E-state index in [4.69, 9.17) is 23.2 Å². The van der Waals surface area contributed by atoms with Gasteiger partial charge in [-0.2, -0.15) is 0 Å². The molecule has 0 bridgehead atoms. The van der Waals surface area contributed by atoms with Gasteiger partial charge in [-0.15, -0.1) is 0 Å². The molecule has 0 heterocycles. The smallest absolute Gasteiger partial charge is 0.264 e. The first-order valence-electron chi connectivity index (χ1n) is 16.2. The second-order valence-corrected chi connectivity index (χ2v) is 15.2. The Bertz CT molecular complexity index is 1860. The van der Waals surface area contributed by atoms with Crippen molar-refractivity contribution in [3.63, 3.8) is 0 Å². The van der Waals surface area contributed by atoms with Gasteiger partial charge in [0.15, 0.2) is 0 Å². The van der Waals surface area contributed by atoms with Crippen LogP contribution in [-0.4, -0.2) is 43.8 Å². The fraction of sp³-hybridized carbons (Fsp3) is 0.316. The summed E-state index contributed by atoms with van der Waals surface area (Å²) in [5, 5.41) is 3.87. The van der Waals surface area contributed by atoms with Crippen molar-refractivity contribution in [3.05, 3.63) is 129 Å². The number of sulfonamides is 1. The van der Waals surface area contributed by atoms with Gasteiger partial charge in [0.25, 0.3) is 10.0 Å². The highest BCUT2D eigenvalue weighted by molar-refractivity contribution is 7.92. The van der Waals surface area contributed by atoms with E-state index in [0.29, 0.717) is 21.3 Å². The van der Waals surface area contributed by atoms with Crippen LogP contribution in [0.4, 0.5) is 5.69 Å². The van der Waals surface area contributed by atoms with Crippen LogP contribution in [0.2, 0.25) is 10.0 Å². The highest BCUT2D eigenvalue weighted by Crippen LogP contribution is 2.29. The summed E-state index contributed by atoms with van der Waals surface area (Å²) < 4.78 is 29.8. The lowest BCUT2D eigenvalue weighted by atomic mass is 10.0. The van der Waals surface area contributed by atoms with Gasteiger partial charge in [-0.25, -0.2) is 8.42 Å². The first-order chi connectivity index (χ1) is 22.9. The molecule has 5 rings (SSSR count). The number of benzene rings is 4. The molecule has 1 N–H and O–H groups in total. The zero-order valence-electron chi connectivity index (χ0n) is 27.5. The standard InChI is InChI=1S/C38H41Cl2N3O4S/c1-26-13-18-33(19-14-26)48(46,47)43(32-17-15-27(2)28(3)21-32)25-37(44)42(24-30-16-20-34(39)35(40)22-30)36(23-29-9-5-4-6-10-29)38(45)41-31-11-7-8-12-31/h4-6,9-10,13-22,31,36H,7-8,11-12,23-25H2,1-3H3,(H,41,45)/t36-/m1/s1. The third-order valence-corrected chi connectivity index (χ3v) is 11.5. The molecule has 7 nitrogen and oxygen atoms in total. The van der Waals surface area contributed by atoms with E-state index >= 15 is 0 Å². The molecule has 1 saturated carbocycles. The van der Waals surface area contributed by atoms with E-state index in [-0.39, 0.29) is 29.8 Å². The number of carbonyl (C=O) groups is 2. The highest BCUT2D eigenvalue weighted by Gasteiger charge is 2.35. The van der Waals surface area contributed by atoms with Gasteiger partial charge in [0.05, 0.1) is 20.6 Å². The summed E-state index contributed by atoms with van der Waals surface area (Å²) in [4.78, 5) is 30.4. The molecule has 1 atom stereocenters. The molecule has 0 aromatic heterocycles. The monoisotopic (exact) mass is 705 g/mol. The zero-order chi connectivity index (χ0) is 34.4. The molecule has 10 heteroatoms. The van der Waals surface area contributed by atoms with Gasteiger partial charge in [0, 0.05) is 19.0 Å². The Balaban J connectivity index is 1.59. The lowest BCUT2D eigenvalue weighted by Gasteiger charge is -2.34. The number of hydrogen-bond acceptors (Lipinski definition) is 4. The number of aryl methyl sites for hydroxylation is 3. The number of halogens is 2. The average molecular weight is 707 g/mol. The van der Waals surface area contributed by atoms with Crippen LogP contribution in [0.3, 0.4) is 0 Å². The molecule has 48 heavy (non-hydrogen) atoms. The molecular weight excluding hydrogens is 665 g/mol. The van der Waals surface area contributed by atoms with Gasteiger partial charge < -0.3 is 10.2 Å². The number of hydrogen-bond donors (Lipinski definition) is 1. The fourth-order valence-corrected chi connectivity index (χ4v) is 7.73. The van der Waals surface area contributed by atoms with Crippen molar-refractivity contribution >= 4 is 50.7 Å².